The predicted molar refractivity (Wildman–Crippen MR) is 72.3 cm³/mol. The van der Waals surface area contributed by atoms with Crippen LogP contribution in [0.15, 0.2) is 42.5 Å². The summed E-state index contributed by atoms with van der Waals surface area (Å²) < 4.78 is 10.9. The molecule has 0 radical (unpaired) electrons. The highest BCUT2D eigenvalue weighted by molar-refractivity contribution is 5.58. The van der Waals surface area contributed by atoms with Crippen LogP contribution in [0.25, 0.3) is 6.08 Å². The lowest BCUT2D eigenvalue weighted by atomic mass is 10.2. The van der Waals surface area contributed by atoms with Crippen LogP contribution in [0.5, 0.6) is 5.75 Å². The quantitative estimate of drug-likeness (QED) is 0.696. The van der Waals surface area contributed by atoms with E-state index < -0.39 is 0 Å². The summed E-state index contributed by atoms with van der Waals surface area (Å²) in [5.41, 5.74) is 1.08. The molecule has 1 unspecified atom stereocenters. The van der Waals surface area contributed by atoms with Crippen molar-refractivity contribution in [2.45, 2.75) is 20.0 Å². The third-order valence-corrected chi connectivity index (χ3v) is 2.23. The van der Waals surface area contributed by atoms with Crippen LogP contribution in [0, 0.1) is 0 Å². The third kappa shape index (κ3) is 4.87. The number of rotatable bonds is 6. The first kappa shape index (κ1) is 13.5. The zero-order valence-corrected chi connectivity index (χ0v) is 10.7. The van der Waals surface area contributed by atoms with Gasteiger partial charge in [0.2, 0.25) is 0 Å². The fourth-order valence-corrected chi connectivity index (χ4v) is 1.48. The molecule has 0 saturated heterocycles. The van der Waals surface area contributed by atoms with Crippen LogP contribution in [-0.4, -0.2) is 19.8 Å². The van der Waals surface area contributed by atoms with Gasteiger partial charge in [-0.05, 0) is 19.9 Å². The molecule has 1 rings (SSSR count). The Bertz CT molecular complexity index is 380. The number of para-hydroxylation sites is 1. The molecular formula is C15H20O2. The Hall–Kier alpha value is -1.54. The zero-order chi connectivity index (χ0) is 12.5. The molecule has 2 heteroatoms. The maximum atomic E-state index is 5.82. The van der Waals surface area contributed by atoms with E-state index in [4.69, 9.17) is 9.47 Å². The molecule has 0 heterocycles. The van der Waals surface area contributed by atoms with E-state index in [-0.39, 0.29) is 6.10 Å². The summed E-state index contributed by atoms with van der Waals surface area (Å²) in [4.78, 5) is 0. The fraction of sp³-hybridized carbons (Fsp3) is 0.333. The molecular weight excluding hydrogens is 212 g/mol. The molecule has 0 saturated carbocycles. The fourth-order valence-electron chi connectivity index (χ4n) is 1.48. The minimum atomic E-state index is 0.0521. The van der Waals surface area contributed by atoms with E-state index in [1.54, 1.807) is 7.11 Å². The molecule has 92 valence electrons. The van der Waals surface area contributed by atoms with Crippen LogP contribution in [-0.2, 0) is 4.74 Å². The minimum Gasteiger partial charge on any atom is -0.488 e. The van der Waals surface area contributed by atoms with Crippen molar-refractivity contribution in [3.63, 3.8) is 0 Å². The lowest BCUT2D eigenvalue weighted by Gasteiger charge is -2.15. The maximum absolute atomic E-state index is 5.82. The van der Waals surface area contributed by atoms with Crippen LogP contribution in [0.1, 0.15) is 19.4 Å². The number of allylic oxidation sites excluding steroid dienone is 3. The highest BCUT2D eigenvalue weighted by Gasteiger charge is 2.05. The Morgan fingerprint density at radius 2 is 2.00 bits per heavy atom. The van der Waals surface area contributed by atoms with Crippen molar-refractivity contribution >= 4 is 6.08 Å². The second-order valence-corrected chi connectivity index (χ2v) is 3.81. The van der Waals surface area contributed by atoms with Crippen molar-refractivity contribution in [3.05, 3.63) is 48.1 Å². The molecule has 2 nitrogen and oxygen atoms in total. The van der Waals surface area contributed by atoms with E-state index in [1.807, 2.05) is 62.4 Å². The van der Waals surface area contributed by atoms with Crippen molar-refractivity contribution in [2.75, 3.05) is 13.7 Å². The molecule has 0 spiro atoms. The molecule has 0 aliphatic heterocycles. The first-order chi connectivity index (χ1) is 8.27. The summed E-state index contributed by atoms with van der Waals surface area (Å²) in [6.45, 7) is 4.58. The topological polar surface area (TPSA) is 18.5 Å². The smallest absolute Gasteiger partial charge is 0.127 e. The van der Waals surface area contributed by atoms with E-state index >= 15 is 0 Å². The average molecular weight is 232 g/mol. The van der Waals surface area contributed by atoms with Gasteiger partial charge in [0, 0.05) is 12.7 Å². The molecule has 0 aliphatic carbocycles. The summed E-state index contributed by atoms with van der Waals surface area (Å²) in [7, 11) is 1.68. The molecule has 1 aromatic carbocycles. The van der Waals surface area contributed by atoms with Crippen molar-refractivity contribution in [2.24, 2.45) is 0 Å². The Balaban J connectivity index is 2.77. The number of hydrogen-bond acceptors (Lipinski definition) is 2. The van der Waals surface area contributed by atoms with Gasteiger partial charge in [0.15, 0.2) is 0 Å². The zero-order valence-electron chi connectivity index (χ0n) is 10.7. The van der Waals surface area contributed by atoms with Gasteiger partial charge in [-0.15, -0.1) is 0 Å². The molecule has 0 N–H and O–H groups in total. The van der Waals surface area contributed by atoms with Gasteiger partial charge in [-0.2, -0.15) is 0 Å². The SMILES string of the molecule is C/C=C\C=C/c1ccccc1OC(C)COC. The van der Waals surface area contributed by atoms with E-state index in [0.29, 0.717) is 6.61 Å². The van der Waals surface area contributed by atoms with E-state index in [9.17, 15) is 0 Å². The Morgan fingerprint density at radius 3 is 2.71 bits per heavy atom. The van der Waals surface area contributed by atoms with Gasteiger partial charge in [0.25, 0.3) is 0 Å². The molecule has 0 bridgehead atoms. The van der Waals surface area contributed by atoms with Crippen molar-refractivity contribution < 1.29 is 9.47 Å². The van der Waals surface area contributed by atoms with Crippen LogP contribution < -0.4 is 4.74 Å². The van der Waals surface area contributed by atoms with Gasteiger partial charge >= 0.3 is 0 Å². The summed E-state index contributed by atoms with van der Waals surface area (Å²) >= 11 is 0. The van der Waals surface area contributed by atoms with Crippen molar-refractivity contribution in [1.82, 2.24) is 0 Å². The standard InChI is InChI=1S/C15H20O2/c1-4-5-6-9-14-10-7-8-11-15(14)17-13(2)12-16-3/h4-11,13H,12H2,1-3H3/b5-4-,9-6-. The maximum Gasteiger partial charge on any atom is 0.127 e. The minimum absolute atomic E-state index is 0.0521. The monoisotopic (exact) mass is 232 g/mol. The first-order valence-electron chi connectivity index (χ1n) is 5.82. The normalized spacial score (nSPS) is 13.4. The van der Waals surface area contributed by atoms with E-state index in [1.165, 1.54) is 0 Å². The van der Waals surface area contributed by atoms with Gasteiger partial charge < -0.3 is 9.47 Å². The van der Waals surface area contributed by atoms with Gasteiger partial charge in [-0.25, -0.2) is 0 Å². The molecule has 0 aromatic heterocycles. The molecule has 17 heavy (non-hydrogen) atoms. The van der Waals surface area contributed by atoms with E-state index in [0.717, 1.165) is 11.3 Å². The van der Waals surface area contributed by atoms with E-state index in [2.05, 4.69) is 0 Å². The Kier molecular flexibility index (Phi) is 6.12. The molecule has 0 aliphatic rings. The van der Waals surface area contributed by atoms with Crippen LogP contribution in [0.3, 0.4) is 0 Å². The summed E-state index contributed by atoms with van der Waals surface area (Å²) in [6, 6.07) is 7.99. The van der Waals surface area contributed by atoms with Gasteiger partial charge in [0.05, 0.1) is 6.61 Å². The predicted octanol–water partition coefficient (Wildman–Crippen LogP) is 3.69. The van der Waals surface area contributed by atoms with Gasteiger partial charge in [0.1, 0.15) is 11.9 Å². The number of hydrogen-bond donors (Lipinski definition) is 0. The Labute approximate surface area is 104 Å². The molecule has 0 fully saturated rings. The summed E-state index contributed by atoms with van der Waals surface area (Å²) in [6.07, 6.45) is 8.08. The highest BCUT2D eigenvalue weighted by Crippen LogP contribution is 2.20. The van der Waals surface area contributed by atoms with Crippen molar-refractivity contribution in [3.8, 4) is 5.75 Å². The third-order valence-electron chi connectivity index (χ3n) is 2.23. The number of methoxy groups -OCH3 is 1. The van der Waals surface area contributed by atoms with Gasteiger partial charge in [-0.1, -0.05) is 42.5 Å². The van der Waals surface area contributed by atoms with Gasteiger partial charge in [-0.3, -0.25) is 0 Å². The second-order valence-electron chi connectivity index (χ2n) is 3.81. The summed E-state index contributed by atoms with van der Waals surface area (Å²) in [5.74, 6) is 0.887. The van der Waals surface area contributed by atoms with Crippen LogP contribution in [0.4, 0.5) is 0 Å². The lowest BCUT2D eigenvalue weighted by Crippen LogP contribution is -2.18. The Morgan fingerprint density at radius 1 is 1.24 bits per heavy atom. The molecule has 0 amide bonds. The molecule has 1 atom stereocenters. The largest absolute Gasteiger partial charge is 0.488 e. The molecule has 1 aromatic rings. The average Bonchev–Trinajstić information content (AvgIpc) is 2.32. The number of benzene rings is 1. The van der Waals surface area contributed by atoms with Crippen molar-refractivity contribution in [1.29, 1.82) is 0 Å². The van der Waals surface area contributed by atoms with Crippen LogP contribution >= 0.6 is 0 Å². The van der Waals surface area contributed by atoms with Crippen LogP contribution in [0.2, 0.25) is 0 Å². The highest BCUT2D eigenvalue weighted by atomic mass is 16.5. The lowest BCUT2D eigenvalue weighted by molar-refractivity contribution is 0.0919. The number of ether oxygens (including phenoxy) is 2. The first-order valence-corrected chi connectivity index (χ1v) is 5.82. The second kappa shape index (κ2) is 7.69. The summed E-state index contributed by atoms with van der Waals surface area (Å²) in [5, 5.41) is 0.